The molecule has 4 atom stereocenters. The third-order valence-electron chi connectivity index (χ3n) is 12.6. The molecule has 5 heterocycles. The van der Waals surface area contributed by atoms with Crippen molar-refractivity contribution >= 4 is 17.9 Å². The van der Waals surface area contributed by atoms with Gasteiger partial charge in [0.15, 0.2) is 0 Å². The Morgan fingerprint density at radius 1 is 0.722 bits per heavy atom. The lowest BCUT2D eigenvalue weighted by Crippen LogP contribution is -2.33. The number of hydrogen-bond donors (Lipinski definition) is 2. The smallest absolute Gasteiger partial charge is 0.433 e. The molecule has 7 aromatic rings. The molecule has 2 aliphatic heterocycles. The van der Waals surface area contributed by atoms with Crippen LogP contribution >= 0.6 is 0 Å². The van der Waals surface area contributed by atoms with Crippen molar-refractivity contribution in [2.75, 3.05) is 38.3 Å². The number of anilines is 1. The lowest BCUT2D eigenvalue weighted by atomic mass is 10.00. The lowest BCUT2D eigenvalue weighted by Gasteiger charge is -2.25. The summed E-state index contributed by atoms with van der Waals surface area (Å²) in [6, 6.07) is 35.8. The maximum absolute atomic E-state index is 13.2. The molecule has 2 aliphatic rings. The van der Waals surface area contributed by atoms with Gasteiger partial charge in [-0.25, -0.2) is 19.9 Å². The SMILES string of the molecule is C.COC(=O)[C@H]1CN[C@H](Cc2ccc(OCCc3nc(-c4ccccc4)oc3C)cc2)C1.Cc1oc(-c2ccccc2)nc1CCOc1ccc(C[C@@H]2C[C@@H](C(=O)O)CN2c2nccc(C(F)(F)F)n2)cc1. The minimum Gasteiger partial charge on any atom is -0.493 e. The zero-order valence-electron chi connectivity index (χ0n) is 39.6. The zero-order valence-corrected chi connectivity index (χ0v) is 39.6. The number of carbonyl (C=O) groups is 2. The number of alkyl halides is 3. The molecule has 2 fully saturated rings. The van der Waals surface area contributed by atoms with E-state index in [0.717, 1.165) is 70.5 Å². The molecule has 0 unspecified atom stereocenters. The molecule has 0 aliphatic carbocycles. The van der Waals surface area contributed by atoms with Crippen LogP contribution in [0, 0.1) is 25.7 Å². The topological polar surface area (TPSA) is 175 Å². The van der Waals surface area contributed by atoms with Gasteiger partial charge in [-0.3, -0.25) is 9.59 Å². The van der Waals surface area contributed by atoms with E-state index in [1.165, 1.54) is 12.7 Å². The van der Waals surface area contributed by atoms with E-state index in [1.54, 1.807) is 4.90 Å². The van der Waals surface area contributed by atoms with Crippen molar-refractivity contribution in [2.24, 2.45) is 11.8 Å². The van der Waals surface area contributed by atoms with Gasteiger partial charge in [-0.1, -0.05) is 68.1 Å². The summed E-state index contributed by atoms with van der Waals surface area (Å²) in [5.41, 5.74) is 4.67. The highest BCUT2D eigenvalue weighted by atomic mass is 19.4. The number of nitrogens with zero attached hydrogens (tertiary/aromatic N) is 5. The van der Waals surface area contributed by atoms with E-state index in [9.17, 15) is 27.9 Å². The van der Waals surface area contributed by atoms with Crippen LogP contribution in [0.5, 0.6) is 11.5 Å². The average molecular weight is 989 g/mol. The Morgan fingerprint density at radius 3 is 1.75 bits per heavy atom. The van der Waals surface area contributed by atoms with Gasteiger partial charge in [0, 0.05) is 55.3 Å². The molecule has 0 radical (unpaired) electrons. The van der Waals surface area contributed by atoms with Gasteiger partial charge in [0.05, 0.1) is 43.5 Å². The van der Waals surface area contributed by atoms with E-state index in [0.29, 0.717) is 62.6 Å². The zero-order chi connectivity index (χ0) is 49.9. The molecule has 2 saturated heterocycles. The Kier molecular flexibility index (Phi) is 17.5. The molecule has 17 heteroatoms. The monoisotopic (exact) mass is 988 g/mol. The second-order valence-electron chi connectivity index (χ2n) is 17.5. The van der Waals surface area contributed by atoms with E-state index in [4.69, 9.17) is 23.0 Å². The number of hydrogen-bond acceptors (Lipinski definition) is 13. The first-order valence-electron chi connectivity index (χ1n) is 23.5. The highest BCUT2D eigenvalue weighted by molar-refractivity contribution is 5.73. The van der Waals surface area contributed by atoms with E-state index < -0.39 is 23.8 Å². The molecule has 14 nitrogen and oxygen atoms in total. The van der Waals surface area contributed by atoms with Crippen molar-refractivity contribution in [2.45, 2.75) is 78.1 Å². The first-order valence-corrected chi connectivity index (χ1v) is 23.5. The standard InChI is InChI=1S/C29H27F3N4O4.C25H28N2O4.CH4/c1-18-24(34-26(40-18)20-5-3-2-4-6-20)12-14-39-23-9-7-19(8-10-23)15-22-16-21(27(37)38)17-36(22)28-33-13-11-25(35-28)29(30,31)32;1-17-23(27-24(31-17)19-6-4-3-5-7-19)12-13-30-22-10-8-18(9-11-22)14-21-15-20(16-26-21)25(28)29-2;/h2-11,13,21-22H,12,14-17H2,1H3,(H,37,38);3-11,20-21,26H,12-16H2,1-2H3;1H4/t21-,22-;20-,21-;/m11./s1. The summed E-state index contributed by atoms with van der Waals surface area (Å²) >= 11 is 0. The van der Waals surface area contributed by atoms with Gasteiger partial charge in [0.1, 0.15) is 28.7 Å². The van der Waals surface area contributed by atoms with Crippen molar-refractivity contribution in [3.8, 4) is 34.4 Å². The number of rotatable bonds is 17. The summed E-state index contributed by atoms with van der Waals surface area (Å²) in [7, 11) is 1.44. The van der Waals surface area contributed by atoms with Crippen LogP contribution in [0.1, 0.15) is 60.0 Å². The minimum atomic E-state index is -4.62. The molecule has 2 N–H and O–H groups in total. The number of halogens is 3. The first-order chi connectivity index (χ1) is 34.3. The third kappa shape index (κ3) is 13.7. The maximum Gasteiger partial charge on any atom is 0.433 e. The quantitative estimate of drug-likeness (QED) is 0.0825. The Hall–Kier alpha value is -7.53. The van der Waals surface area contributed by atoms with Crippen molar-refractivity contribution < 1.29 is 50.9 Å². The Balaban J connectivity index is 0.000000215. The number of methoxy groups -OCH3 is 1. The number of carboxylic acid groups (broad SMARTS) is 1. The summed E-state index contributed by atoms with van der Waals surface area (Å²) in [4.78, 5) is 41.8. The summed E-state index contributed by atoms with van der Waals surface area (Å²) in [5, 5.41) is 13.0. The lowest BCUT2D eigenvalue weighted by molar-refractivity contribution is -0.145. The highest BCUT2D eigenvalue weighted by Crippen LogP contribution is 2.33. The summed E-state index contributed by atoms with van der Waals surface area (Å²) in [6.07, 6.45) is 0.0662. The number of ether oxygens (including phenoxy) is 3. The fourth-order valence-corrected chi connectivity index (χ4v) is 8.76. The van der Waals surface area contributed by atoms with Crippen molar-refractivity contribution in [1.29, 1.82) is 0 Å². The molecular formula is C55H59F3N6O8. The molecule has 9 rings (SSSR count). The van der Waals surface area contributed by atoms with Crippen LogP contribution in [0.2, 0.25) is 0 Å². The van der Waals surface area contributed by atoms with Gasteiger partial charge in [0.2, 0.25) is 17.7 Å². The average Bonchev–Trinajstić information content (AvgIpc) is 4.20. The van der Waals surface area contributed by atoms with Gasteiger partial charge in [0.25, 0.3) is 0 Å². The summed E-state index contributed by atoms with van der Waals surface area (Å²) in [5.74, 6) is 2.25. The number of aliphatic carboxylic acids is 1. The fourth-order valence-electron chi connectivity index (χ4n) is 8.76. The van der Waals surface area contributed by atoms with Gasteiger partial charge in [-0.15, -0.1) is 0 Å². The number of aromatic nitrogens is 4. The van der Waals surface area contributed by atoms with Crippen LogP contribution in [-0.4, -0.2) is 82.5 Å². The normalized spacial score (nSPS) is 17.4. The van der Waals surface area contributed by atoms with Crippen molar-refractivity contribution in [3.63, 3.8) is 0 Å². The number of carboxylic acids is 1. The summed E-state index contributed by atoms with van der Waals surface area (Å²) in [6.45, 7) is 5.46. The molecule has 378 valence electrons. The molecule has 0 spiro atoms. The Morgan fingerprint density at radius 2 is 1.25 bits per heavy atom. The fraction of sp³-hybridized carbons (Fsp3) is 0.345. The number of oxazole rings is 2. The number of carbonyl (C=O) groups excluding carboxylic acids is 1. The van der Waals surface area contributed by atoms with Gasteiger partial charge in [-0.2, -0.15) is 13.2 Å². The van der Waals surface area contributed by atoms with Crippen LogP contribution in [0.15, 0.2) is 130 Å². The third-order valence-corrected chi connectivity index (χ3v) is 12.6. The second-order valence-corrected chi connectivity index (χ2v) is 17.5. The Labute approximate surface area is 416 Å². The van der Waals surface area contributed by atoms with E-state index >= 15 is 0 Å². The molecular weight excluding hydrogens is 930 g/mol. The van der Waals surface area contributed by atoms with E-state index in [2.05, 4.69) is 37.4 Å². The van der Waals surface area contributed by atoms with Crippen molar-refractivity contribution in [1.82, 2.24) is 25.3 Å². The maximum atomic E-state index is 13.2. The number of esters is 1. The molecule has 4 aromatic carbocycles. The Bertz CT molecular complexity index is 2840. The van der Waals surface area contributed by atoms with E-state index in [1.807, 2.05) is 111 Å². The van der Waals surface area contributed by atoms with Crippen LogP contribution in [-0.2, 0) is 46.2 Å². The molecule has 3 aromatic heterocycles. The van der Waals surface area contributed by atoms with Crippen LogP contribution in [0.3, 0.4) is 0 Å². The van der Waals surface area contributed by atoms with Crippen molar-refractivity contribution in [3.05, 3.63) is 161 Å². The van der Waals surface area contributed by atoms with Crippen LogP contribution < -0.4 is 19.7 Å². The number of aryl methyl sites for hydroxylation is 2. The van der Waals surface area contributed by atoms with E-state index in [-0.39, 0.29) is 44.3 Å². The largest absolute Gasteiger partial charge is 0.493 e. The molecule has 0 saturated carbocycles. The number of nitrogens with one attached hydrogen (secondary N) is 1. The van der Waals surface area contributed by atoms with Crippen LogP contribution in [0.25, 0.3) is 22.9 Å². The summed E-state index contributed by atoms with van der Waals surface area (Å²) < 4.78 is 67.8. The minimum absolute atomic E-state index is 0. The molecule has 0 bridgehead atoms. The van der Waals surface area contributed by atoms with Gasteiger partial charge in [-0.05, 0) is 105 Å². The predicted molar refractivity (Wildman–Crippen MR) is 265 cm³/mol. The predicted octanol–water partition coefficient (Wildman–Crippen LogP) is 10.2. The van der Waals surface area contributed by atoms with Gasteiger partial charge >= 0.3 is 18.1 Å². The molecule has 0 amide bonds. The first kappa shape index (κ1) is 52.3. The second kappa shape index (κ2) is 24.1. The highest BCUT2D eigenvalue weighted by Gasteiger charge is 2.39. The number of benzene rings is 4. The molecule has 72 heavy (non-hydrogen) atoms. The van der Waals surface area contributed by atoms with Crippen LogP contribution in [0.4, 0.5) is 19.1 Å². The van der Waals surface area contributed by atoms with Gasteiger partial charge < -0.3 is 38.4 Å².